The minimum absolute atomic E-state index is 0.251. The molecule has 2 atom stereocenters. The van der Waals surface area contributed by atoms with Crippen LogP contribution >= 0.6 is 0 Å². The molecule has 1 aromatic carbocycles. The van der Waals surface area contributed by atoms with Crippen molar-refractivity contribution >= 4 is 11.8 Å². The fraction of sp³-hybridized carbons (Fsp3) is 0.429. The number of carbonyl (C=O) groups is 2. The van der Waals surface area contributed by atoms with Crippen LogP contribution in [0.4, 0.5) is 0 Å². The Balaban J connectivity index is 2.18. The number of carbonyl (C=O) groups excluding carboxylic acids is 2. The van der Waals surface area contributed by atoms with E-state index in [1.54, 1.807) is 0 Å². The molecule has 114 valence electrons. The molecule has 1 fully saturated rings. The standard InChI is InChI=1S/C14H20N4O3/c15-13(19)12-9-21-7-6-18(12)8-11(14(20)17-16)10-4-2-1-3-5-10/h1-5,11-12H,6-9,16H2,(H2,15,19)(H,17,20). The smallest absolute Gasteiger partial charge is 0.242 e. The second-order valence-electron chi connectivity index (χ2n) is 4.96. The largest absolute Gasteiger partial charge is 0.378 e. The lowest BCUT2D eigenvalue weighted by atomic mass is 9.96. The van der Waals surface area contributed by atoms with Crippen molar-refractivity contribution in [2.45, 2.75) is 12.0 Å². The Morgan fingerprint density at radius 3 is 2.71 bits per heavy atom. The zero-order valence-corrected chi connectivity index (χ0v) is 11.7. The van der Waals surface area contributed by atoms with E-state index in [2.05, 4.69) is 5.43 Å². The van der Waals surface area contributed by atoms with Gasteiger partial charge in [-0.25, -0.2) is 5.84 Å². The first kappa shape index (κ1) is 15.4. The van der Waals surface area contributed by atoms with E-state index in [1.807, 2.05) is 35.2 Å². The molecule has 1 saturated heterocycles. The Hall–Kier alpha value is -1.96. The van der Waals surface area contributed by atoms with Crippen molar-refractivity contribution in [3.05, 3.63) is 35.9 Å². The fourth-order valence-corrected chi connectivity index (χ4v) is 2.48. The average Bonchev–Trinajstić information content (AvgIpc) is 2.53. The molecule has 1 aliphatic heterocycles. The van der Waals surface area contributed by atoms with Gasteiger partial charge in [-0.15, -0.1) is 0 Å². The molecule has 7 heteroatoms. The zero-order chi connectivity index (χ0) is 15.2. The lowest BCUT2D eigenvalue weighted by Gasteiger charge is -2.35. The van der Waals surface area contributed by atoms with Crippen LogP contribution in [0, 0.1) is 0 Å². The molecule has 0 aliphatic carbocycles. The minimum atomic E-state index is -0.518. The molecule has 2 amide bonds. The summed E-state index contributed by atoms with van der Waals surface area (Å²) < 4.78 is 5.28. The molecule has 0 radical (unpaired) electrons. The molecular weight excluding hydrogens is 272 g/mol. The predicted molar refractivity (Wildman–Crippen MR) is 76.9 cm³/mol. The summed E-state index contributed by atoms with van der Waals surface area (Å²) in [6.45, 7) is 1.68. The summed E-state index contributed by atoms with van der Waals surface area (Å²) in [6, 6.07) is 8.80. The van der Waals surface area contributed by atoms with Crippen LogP contribution in [0.5, 0.6) is 0 Å². The lowest BCUT2D eigenvalue weighted by molar-refractivity contribution is -0.131. The Kier molecular flexibility index (Phi) is 5.26. The van der Waals surface area contributed by atoms with Gasteiger partial charge in [0, 0.05) is 13.1 Å². The molecule has 0 saturated carbocycles. The lowest BCUT2D eigenvalue weighted by Crippen LogP contribution is -2.54. The van der Waals surface area contributed by atoms with Crippen LogP contribution in [-0.4, -0.2) is 49.1 Å². The van der Waals surface area contributed by atoms with Crippen LogP contribution in [0.15, 0.2) is 30.3 Å². The van der Waals surface area contributed by atoms with Gasteiger partial charge >= 0.3 is 0 Å². The van der Waals surface area contributed by atoms with E-state index < -0.39 is 17.9 Å². The molecule has 1 aromatic rings. The van der Waals surface area contributed by atoms with E-state index in [0.717, 1.165) is 5.56 Å². The molecule has 7 nitrogen and oxygen atoms in total. The number of hydrogen-bond donors (Lipinski definition) is 3. The Bertz CT molecular complexity index is 494. The highest BCUT2D eigenvalue weighted by Crippen LogP contribution is 2.19. The summed E-state index contributed by atoms with van der Waals surface area (Å²) in [5.74, 6) is 4.07. The van der Waals surface area contributed by atoms with Crippen LogP contribution in [0.2, 0.25) is 0 Å². The number of ether oxygens (including phenoxy) is 1. The summed E-state index contributed by atoms with van der Waals surface area (Å²) in [7, 11) is 0. The summed E-state index contributed by atoms with van der Waals surface area (Å²) in [5.41, 5.74) is 8.42. The predicted octanol–water partition coefficient (Wildman–Crippen LogP) is -1.05. The summed E-state index contributed by atoms with van der Waals surface area (Å²) >= 11 is 0. The minimum Gasteiger partial charge on any atom is -0.378 e. The number of hydrogen-bond acceptors (Lipinski definition) is 5. The quantitative estimate of drug-likeness (QED) is 0.364. The van der Waals surface area contributed by atoms with Gasteiger partial charge in [0.25, 0.3) is 0 Å². The molecule has 0 aromatic heterocycles. The molecule has 21 heavy (non-hydrogen) atoms. The Morgan fingerprint density at radius 2 is 2.10 bits per heavy atom. The molecule has 5 N–H and O–H groups in total. The van der Waals surface area contributed by atoms with Gasteiger partial charge in [-0.05, 0) is 5.56 Å². The molecule has 1 heterocycles. The van der Waals surface area contributed by atoms with Crippen molar-refractivity contribution in [1.82, 2.24) is 10.3 Å². The maximum atomic E-state index is 12.1. The van der Waals surface area contributed by atoms with E-state index in [0.29, 0.717) is 19.7 Å². The van der Waals surface area contributed by atoms with Crippen molar-refractivity contribution in [2.75, 3.05) is 26.3 Å². The normalized spacial score (nSPS) is 20.7. The van der Waals surface area contributed by atoms with Crippen molar-refractivity contribution in [3.63, 3.8) is 0 Å². The molecular formula is C14H20N4O3. The third-order valence-corrected chi connectivity index (χ3v) is 3.65. The van der Waals surface area contributed by atoms with Gasteiger partial charge in [0.15, 0.2) is 0 Å². The van der Waals surface area contributed by atoms with Gasteiger partial charge in [0.1, 0.15) is 6.04 Å². The van der Waals surface area contributed by atoms with Crippen molar-refractivity contribution < 1.29 is 14.3 Å². The van der Waals surface area contributed by atoms with E-state index in [1.165, 1.54) is 0 Å². The third-order valence-electron chi connectivity index (χ3n) is 3.65. The number of nitrogens with two attached hydrogens (primary N) is 2. The number of nitrogens with zero attached hydrogens (tertiary/aromatic N) is 1. The van der Waals surface area contributed by atoms with Crippen molar-refractivity contribution in [1.29, 1.82) is 0 Å². The molecule has 0 spiro atoms. The number of nitrogens with one attached hydrogen (secondary N) is 1. The molecule has 2 rings (SSSR count). The maximum absolute atomic E-state index is 12.1. The van der Waals surface area contributed by atoms with E-state index in [-0.39, 0.29) is 12.5 Å². The second kappa shape index (κ2) is 7.16. The van der Waals surface area contributed by atoms with Crippen LogP contribution in [0.3, 0.4) is 0 Å². The van der Waals surface area contributed by atoms with E-state index in [4.69, 9.17) is 16.3 Å². The number of benzene rings is 1. The topological polar surface area (TPSA) is 111 Å². The number of rotatable bonds is 5. The average molecular weight is 292 g/mol. The summed E-state index contributed by atoms with van der Waals surface area (Å²) in [6.07, 6.45) is 0. The van der Waals surface area contributed by atoms with Crippen LogP contribution in [0.25, 0.3) is 0 Å². The maximum Gasteiger partial charge on any atom is 0.242 e. The van der Waals surface area contributed by atoms with E-state index >= 15 is 0 Å². The van der Waals surface area contributed by atoms with Crippen LogP contribution < -0.4 is 17.0 Å². The van der Waals surface area contributed by atoms with Gasteiger partial charge in [0.05, 0.1) is 19.1 Å². The first-order valence-electron chi connectivity index (χ1n) is 6.80. The first-order chi connectivity index (χ1) is 10.1. The van der Waals surface area contributed by atoms with Gasteiger partial charge in [-0.2, -0.15) is 0 Å². The van der Waals surface area contributed by atoms with Crippen molar-refractivity contribution in [3.8, 4) is 0 Å². The molecule has 2 unspecified atom stereocenters. The fourth-order valence-electron chi connectivity index (χ4n) is 2.48. The zero-order valence-electron chi connectivity index (χ0n) is 11.7. The van der Waals surface area contributed by atoms with E-state index in [9.17, 15) is 9.59 Å². The Morgan fingerprint density at radius 1 is 1.38 bits per heavy atom. The number of primary amides is 1. The number of amides is 2. The highest BCUT2D eigenvalue weighted by molar-refractivity contribution is 5.84. The van der Waals surface area contributed by atoms with Gasteiger partial charge in [0.2, 0.25) is 11.8 Å². The van der Waals surface area contributed by atoms with Gasteiger partial charge in [-0.1, -0.05) is 30.3 Å². The number of morpholine rings is 1. The van der Waals surface area contributed by atoms with Crippen LogP contribution in [0.1, 0.15) is 11.5 Å². The van der Waals surface area contributed by atoms with Crippen molar-refractivity contribution in [2.24, 2.45) is 11.6 Å². The van der Waals surface area contributed by atoms with Crippen LogP contribution in [-0.2, 0) is 14.3 Å². The Labute approximate surface area is 123 Å². The molecule has 1 aliphatic rings. The van der Waals surface area contributed by atoms with Gasteiger partial charge in [-0.3, -0.25) is 19.9 Å². The third kappa shape index (κ3) is 3.78. The highest BCUT2D eigenvalue weighted by atomic mass is 16.5. The second-order valence-corrected chi connectivity index (χ2v) is 4.96. The first-order valence-corrected chi connectivity index (χ1v) is 6.80. The monoisotopic (exact) mass is 292 g/mol. The van der Waals surface area contributed by atoms with Gasteiger partial charge < -0.3 is 10.5 Å². The SMILES string of the molecule is NNC(=O)C(CN1CCOCC1C(N)=O)c1ccccc1. The summed E-state index contributed by atoms with van der Waals surface area (Å²) in [4.78, 5) is 25.4. The highest BCUT2D eigenvalue weighted by Gasteiger charge is 2.32. The number of hydrazine groups is 1. The molecule has 0 bridgehead atoms. The summed E-state index contributed by atoms with van der Waals surface area (Å²) in [5, 5.41) is 0.